The Hall–Kier alpha value is -1.29. The van der Waals surface area contributed by atoms with Crippen LogP contribution in [-0.4, -0.2) is 22.8 Å². The summed E-state index contributed by atoms with van der Waals surface area (Å²) < 4.78 is 0. The van der Waals surface area contributed by atoms with E-state index in [4.69, 9.17) is 11.6 Å². The van der Waals surface area contributed by atoms with Crippen LogP contribution in [0.1, 0.15) is 24.2 Å². The van der Waals surface area contributed by atoms with Gasteiger partial charge in [-0.15, -0.1) is 11.6 Å². The highest BCUT2D eigenvalue weighted by atomic mass is 35.5. The van der Waals surface area contributed by atoms with Crippen LogP contribution >= 0.6 is 11.6 Å². The number of hydrogen-bond donors (Lipinski definition) is 2. The zero-order valence-electron chi connectivity index (χ0n) is 9.29. The third-order valence-corrected chi connectivity index (χ3v) is 2.88. The van der Waals surface area contributed by atoms with E-state index in [0.29, 0.717) is 18.0 Å². The largest absolute Gasteiger partial charge is 0.351 e. The smallest absolute Gasteiger partial charge is 0.251 e. The Morgan fingerprint density at radius 3 is 2.81 bits per heavy atom. The fourth-order valence-electron chi connectivity index (χ4n) is 1.11. The number of amides is 1. The maximum atomic E-state index is 11.6. The van der Waals surface area contributed by atoms with Gasteiger partial charge in [0.05, 0.1) is 5.38 Å². The van der Waals surface area contributed by atoms with Crippen LogP contribution in [0.15, 0.2) is 23.1 Å². The standard InChI is InChI=1S/C11H15ClN2O2/c1-7(2)9(12)6-14-11(16)8-3-4-13-10(15)5-8/h3-5,7,9H,6H2,1-2H3,(H,13,15)(H,14,16). The summed E-state index contributed by atoms with van der Waals surface area (Å²) in [5.41, 5.74) is 0.0512. The van der Waals surface area contributed by atoms with Gasteiger partial charge in [-0.25, -0.2) is 0 Å². The molecule has 4 nitrogen and oxygen atoms in total. The predicted octanol–water partition coefficient (Wildman–Crippen LogP) is 1.37. The highest BCUT2D eigenvalue weighted by Gasteiger charge is 2.12. The molecule has 0 spiro atoms. The van der Waals surface area contributed by atoms with Gasteiger partial charge in [-0.05, 0) is 12.0 Å². The van der Waals surface area contributed by atoms with Crippen LogP contribution < -0.4 is 10.9 Å². The maximum absolute atomic E-state index is 11.6. The Labute approximate surface area is 99.0 Å². The molecule has 16 heavy (non-hydrogen) atoms. The third-order valence-electron chi connectivity index (χ3n) is 2.22. The summed E-state index contributed by atoms with van der Waals surface area (Å²) in [4.78, 5) is 25.0. The normalized spacial score (nSPS) is 12.5. The number of halogens is 1. The lowest BCUT2D eigenvalue weighted by atomic mass is 10.1. The lowest BCUT2D eigenvalue weighted by molar-refractivity contribution is 0.0952. The summed E-state index contributed by atoms with van der Waals surface area (Å²) in [7, 11) is 0. The summed E-state index contributed by atoms with van der Waals surface area (Å²) in [6.45, 7) is 4.36. The minimum atomic E-state index is -0.293. The second-order valence-corrected chi connectivity index (χ2v) is 4.47. The number of rotatable bonds is 4. The Morgan fingerprint density at radius 2 is 2.25 bits per heavy atom. The topological polar surface area (TPSA) is 62.0 Å². The molecule has 88 valence electrons. The summed E-state index contributed by atoms with van der Waals surface area (Å²) in [5.74, 6) is 0.0125. The van der Waals surface area contributed by atoms with Crippen LogP contribution in [0.25, 0.3) is 0 Å². The second-order valence-electron chi connectivity index (χ2n) is 3.91. The predicted molar refractivity (Wildman–Crippen MR) is 63.9 cm³/mol. The molecule has 0 fully saturated rings. The molecule has 0 saturated carbocycles. The van der Waals surface area contributed by atoms with Crippen molar-refractivity contribution in [2.24, 2.45) is 5.92 Å². The first kappa shape index (κ1) is 12.8. The number of H-pyrrole nitrogens is 1. The van der Waals surface area contributed by atoms with E-state index in [1.807, 2.05) is 13.8 Å². The number of nitrogens with one attached hydrogen (secondary N) is 2. The summed E-state index contributed by atoms with van der Waals surface area (Å²) in [5, 5.41) is 2.58. The summed E-state index contributed by atoms with van der Waals surface area (Å²) in [6, 6.07) is 2.81. The first-order valence-electron chi connectivity index (χ1n) is 5.11. The van der Waals surface area contributed by atoms with Gasteiger partial charge in [0.1, 0.15) is 0 Å². The van der Waals surface area contributed by atoms with Crippen LogP contribution in [0, 0.1) is 5.92 Å². The van der Waals surface area contributed by atoms with E-state index in [0.717, 1.165) is 0 Å². The second kappa shape index (κ2) is 5.70. The molecule has 0 aliphatic carbocycles. The third kappa shape index (κ3) is 3.70. The van der Waals surface area contributed by atoms with E-state index in [9.17, 15) is 9.59 Å². The van der Waals surface area contributed by atoms with Crippen LogP contribution in [-0.2, 0) is 0 Å². The molecular formula is C11H15ClN2O2. The number of alkyl halides is 1. The summed E-state index contributed by atoms with van der Waals surface area (Å²) in [6.07, 6.45) is 1.44. The fourth-order valence-corrected chi connectivity index (χ4v) is 1.19. The monoisotopic (exact) mass is 242 g/mol. The van der Waals surface area contributed by atoms with Crippen molar-refractivity contribution in [3.63, 3.8) is 0 Å². The average molecular weight is 243 g/mol. The van der Waals surface area contributed by atoms with Crippen molar-refractivity contribution in [3.05, 3.63) is 34.2 Å². The molecule has 1 atom stereocenters. The molecule has 0 aliphatic heterocycles. The highest BCUT2D eigenvalue weighted by Crippen LogP contribution is 2.07. The molecule has 5 heteroatoms. The molecule has 1 amide bonds. The van der Waals surface area contributed by atoms with E-state index >= 15 is 0 Å². The first-order valence-corrected chi connectivity index (χ1v) is 5.55. The van der Waals surface area contributed by atoms with Gasteiger partial charge in [0, 0.05) is 24.4 Å². The lowest BCUT2D eigenvalue weighted by Crippen LogP contribution is -2.32. The Bertz CT molecular complexity index is 414. The van der Waals surface area contributed by atoms with Gasteiger partial charge < -0.3 is 10.3 Å². The Morgan fingerprint density at radius 1 is 1.56 bits per heavy atom. The van der Waals surface area contributed by atoms with Crippen molar-refractivity contribution < 1.29 is 4.79 Å². The molecule has 1 aromatic heterocycles. The van der Waals surface area contributed by atoms with E-state index in [1.165, 1.54) is 12.3 Å². The molecule has 1 rings (SSSR count). The minimum absolute atomic E-state index is 0.106. The Balaban J connectivity index is 2.57. The van der Waals surface area contributed by atoms with Crippen LogP contribution in [0.4, 0.5) is 0 Å². The zero-order chi connectivity index (χ0) is 12.1. The van der Waals surface area contributed by atoms with Crippen molar-refractivity contribution in [1.29, 1.82) is 0 Å². The lowest BCUT2D eigenvalue weighted by Gasteiger charge is -2.13. The van der Waals surface area contributed by atoms with Crippen LogP contribution in [0.2, 0.25) is 0 Å². The molecule has 1 heterocycles. The van der Waals surface area contributed by atoms with Crippen molar-refractivity contribution in [2.45, 2.75) is 19.2 Å². The molecule has 1 aromatic rings. The zero-order valence-corrected chi connectivity index (χ0v) is 10.0. The molecule has 0 aromatic carbocycles. The molecular weight excluding hydrogens is 228 g/mol. The first-order chi connectivity index (χ1) is 7.50. The van der Waals surface area contributed by atoms with E-state index in [2.05, 4.69) is 10.3 Å². The summed E-state index contributed by atoms with van der Waals surface area (Å²) >= 11 is 6.00. The van der Waals surface area contributed by atoms with Crippen LogP contribution in [0.3, 0.4) is 0 Å². The molecule has 0 saturated heterocycles. The van der Waals surface area contributed by atoms with Crippen molar-refractivity contribution in [3.8, 4) is 0 Å². The molecule has 0 aliphatic rings. The number of carbonyl (C=O) groups excluding carboxylic acids is 1. The average Bonchev–Trinajstić information content (AvgIpc) is 2.25. The number of aromatic amines is 1. The highest BCUT2D eigenvalue weighted by molar-refractivity contribution is 6.21. The van der Waals surface area contributed by atoms with Crippen molar-refractivity contribution in [2.75, 3.05) is 6.54 Å². The quantitative estimate of drug-likeness (QED) is 0.784. The molecule has 1 unspecified atom stereocenters. The van der Waals surface area contributed by atoms with Gasteiger partial charge in [-0.3, -0.25) is 9.59 Å². The van der Waals surface area contributed by atoms with Crippen molar-refractivity contribution >= 4 is 17.5 Å². The SMILES string of the molecule is CC(C)C(Cl)CNC(=O)c1cc[nH]c(=O)c1. The fraction of sp³-hybridized carbons (Fsp3) is 0.455. The van der Waals surface area contributed by atoms with Gasteiger partial charge in [-0.2, -0.15) is 0 Å². The van der Waals surface area contributed by atoms with Gasteiger partial charge >= 0.3 is 0 Å². The molecule has 0 bridgehead atoms. The number of hydrogen-bond acceptors (Lipinski definition) is 2. The molecule has 0 radical (unpaired) electrons. The minimum Gasteiger partial charge on any atom is -0.351 e. The Kier molecular flexibility index (Phi) is 4.55. The van der Waals surface area contributed by atoms with Gasteiger partial charge in [0.15, 0.2) is 0 Å². The number of aromatic nitrogens is 1. The number of carbonyl (C=O) groups is 1. The molecule has 2 N–H and O–H groups in total. The van der Waals surface area contributed by atoms with Gasteiger partial charge in [0.25, 0.3) is 5.91 Å². The van der Waals surface area contributed by atoms with Crippen molar-refractivity contribution in [1.82, 2.24) is 10.3 Å². The number of pyridine rings is 1. The van der Waals surface area contributed by atoms with Crippen LogP contribution in [0.5, 0.6) is 0 Å². The van der Waals surface area contributed by atoms with E-state index in [-0.39, 0.29) is 16.8 Å². The maximum Gasteiger partial charge on any atom is 0.251 e. The van der Waals surface area contributed by atoms with E-state index in [1.54, 1.807) is 6.07 Å². The van der Waals surface area contributed by atoms with E-state index < -0.39 is 0 Å². The van der Waals surface area contributed by atoms with Gasteiger partial charge in [0.2, 0.25) is 5.56 Å². The van der Waals surface area contributed by atoms with Gasteiger partial charge in [-0.1, -0.05) is 13.8 Å².